The molecule has 1 amide bonds. The van der Waals surface area contributed by atoms with Crippen molar-refractivity contribution in [2.75, 3.05) is 0 Å². The van der Waals surface area contributed by atoms with Crippen LogP contribution >= 0.6 is 0 Å². The van der Waals surface area contributed by atoms with Crippen molar-refractivity contribution in [2.24, 2.45) is 5.92 Å². The molecule has 0 spiro atoms. The Labute approximate surface area is 77.1 Å². The lowest BCUT2D eigenvalue weighted by molar-refractivity contribution is -0.127. The number of carbonyl (C=O) groups excluding carboxylic acids is 1. The predicted molar refractivity (Wildman–Crippen MR) is 48.0 cm³/mol. The Kier molecular flexibility index (Phi) is 2.08. The first-order valence-corrected chi connectivity index (χ1v) is 4.61. The molecule has 1 aliphatic heterocycles. The number of furan rings is 1. The molecule has 2 heterocycles. The predicted octanol–water partition coefficient (Wildman–Crippen LogP) is 1.87. The van der Waals surface area contributed by atoms with Crippen LogP contribution in [0.4, 0.5) is 0 Å². The molecule has 0 aromatic carbocycles. The van der Waals surface area contributed by atoms with Crippen molar-refractivity contribution in [3.8, 4) is 0 Å². The second-order valence-corrected chi connectivity index (χ2v) is 3.55. The topological polar surface area (TPSA) is 42.2 Å². The third kappa shape index (κ3) is 1.59. The summed E-state index contributed by atoms with van der Waals surface area (Å²) in [6.07, 6.45) is 3.55. The van der Waals surface area contributed by atoms with Crippen molar-refractivity contribution in [2.45, 2.75) is 25.8 Å². The van der Waals surface area contributed by atoms with Crippen LogP contribution < -0.4 is 5.32 Å². The van der Waals surface area contributed by atoms with Gasteiger partial charge in [0.1, 0.15) is 5.76 Å². The summed E-state index contributed by atoms with van der Waals surface area (Å²) in [5.74, 6) is 1.14. The minimum Gasteiger partial charge on any atom is -0.467 e. The molecule has 0 bridgehead atoms. The molecule has 1 aliphatic rings. The number of carbonyl (C=O) groups is 1. The highest BCUT2D eigenvalue weighted by atomic mass is 16.3. The Hall–Kier alpha value is -1.25. The molecule has 3 nitrogen and oxygen atoms in total. The monoisotopic (exact) mass is 179 g/mol. The summed E-state index contributed by atoms with van der Waals surface area (Å²) in [5, 5.41) is 2.94. The fraction of sp³-hybridized carbons (Fsp3) is 0.500. The summed E-state index contributed by atoms with van der Waals surface area (Å²) < 4.78 is 5.24. The molecule has 2 rings (SSSR count). The molecular formula is C10H13NO2. The molecule has 1 N–H and O–H groups in total. The van der Waals surface area contributed by atoms with E-state index in [1.54, 1.807) is 6.26 Å². The Morgan fingerprint density at radius 1 is 1.54 bits per heavy atom. The van der Waals surface area contributed by atoms with Gasteiger partial charge in [0.2, 0.25) is 5.91 Å². The minimum atomic E-state index is 0.0821. The Bertz CT molecular complexity index is 292. The van der Waals surface area contributed by atoms with Gasteiger partial charge >= 0.3 is 0 Å². The van der Waals surface area contributed by atoms with Crippen molar-refractivity contribution in [3.63, 3.8) is 0 Å². The number of nitrogens with one attached hydrogen (secondary N) is 1. The van der Waals surface area contributed by atoms with Gasteiger partial charge in [0.25, 0.3) is 0 Å². The lowest BCUT2D eigenvalue weighted by Crippen LogP contribution is -2.37. The first kappa shape index (κ1) is 8.35. The fourth-order valence-corrected chi connectivity index (χ4v) is 1.64. The highest BCUT2D eigenvalue weighted by Crippen LogP contribution is 2.26. The molecule has 3 heteroatoms. The maximum atomic E-state index is 11.3. The van der Waals surface area contributed by atoms with Gasteiger partial charge in [-0.1, -0.05) is 6.92 Å². The van der Waals surface area contributed by atoms with E-state index in [0.29, 0.717) is 0 Å². The molecular weight excluding hydrogens is 166 g/mol. The maximum absolute atomic E-state index is 11.3. The van der Waals surface area contributed by atoms with E-state index in [9.17, 15) is 4.79 Å². The fourth-order valence-electron chi connectivity index (χ4n) is 1.64. The zero-order valence-electron chi connectivity index (χ0n) is 7.62. The first-order chi connectivity index (χ1) is 6.27. The van der Waals surface area contributed by atoms with E-state index >= 15 is 0 Å². The lowest BCUT2D eigenvalue weighted by Gasteiger charge is -2.25. The first-order valence-electron chi connectivity index (χ1n) is 4.61. The molecule has 0 saturated carbocycles. The highest BCUT2D eigenvalue weighted by Gasteiger charge is 2.26. The quantitative estimate of drug-likeness (QED) is 0.715. The van der Waals surface area contributed by atoms with E-state index in [-0.39, 0.29) is 17.9 Å². The molecule has 1 unspecified atom stereocenters. The number of amides is 1. The molecule has 1 aromatic heterocycles. The zero-order chi connectivity index (χ0) is 9.26. The van der Waals surface area contributed by atoms with Crippen molar-refractivity contribution in [1.29, 1.82) is 0 Å². The van der Waals surface area contributed by atoms with E-state index < -0.39 is 0 Å². The average Bonchev–Trinajstić information content (AvgIpc) is 2.62. The van der Waals surface area contributed by atoms with Gasteiger partial charge in [-0.3, -0.25) is 4.79 Å². The van der Waals surface area contributed by atoms with E-state index in [2.05, 4.69) is 5.32 Å². The second kappa shape index (κ2) is 3.24. The van der Waals surface area contributed by atoms with Crippen LogP contribution in [0.15, 0.2) is 22.8 Å². The summed E-state index contributed by atoms with van der Waals surface area (Å²) in [5.41, 5.74) is 0. The van der Waals surface area contributed by atoms with Gasteiger partial charge in [-0.25, -0.2) is 0 Å². The number of piperidine rings is 1. The van der Waals surface area contributed by atoms with Crippen molar-refractivity contribution >= 4 is 5.91 Å². The SMILES string of the molecule is C[C@H]1CCC(c2ccco2)NC1=O. The summed E-state index contributed by atoms with van der Waals surface area (Å²) in [6, 6.07) is 3.83. The van der Waals surface area contributed by atoms with Crippen molar-refractivity contribution in [1.82, 2.24) is 5.32 Å². The molecule has 13 heavy (non-hydrogen) atoms. The van der Waals surface area contributed by atoms with Crippen LogP contribution in [0.1, 0.15) is 31.6 Å². The molecule has 2 atom stereocenters. The van der Waals surface area contributed by atoms with Crippen LogP contribution in [0.3, 0.4) is 0 Å². The summed E-state index contributed by atoms with van der Waals surface area (Å²) in [4.78, 5) is 11.3. The summed E-state index contributed by atoms with van der Waals surface area (Å²) in [7, 11) is 0. The lowest BCUT2D eigenvalue weighted by atomic mass is 9.94. The van der Waals surface area contributed by atoms with Crippen LogP contribution in [0.5, 0.6) is 0 Å². The second-order valence-electron chi connectivity index (χ2n) is 3.55. The van der Waals surface area contributed by atoms with Gasteiger partial charge in [0.05, 0.1) is 12.3 Å². The van der Waals surface area contributed by atoms with Gasteiger partial charge in [-0.15, -0.1) is 0 Å². The molecule has 0 aliphatic carbocycles. The molecule has 1 saturated heterocycles. The van der Waals surface area contributed by atoms with E-state index in [4.69, 9.17) is 4.42 Å². The van der Waals surface area contributed by atoms with Crippen LogP contribution in [-0.4, -0.2) is 5.91 Å². The minimum absolute atomic E-state index is 0.0821. The Balaban J connectivity index is 2.08. The maximum Gasteiger partial charge on any atom is 0.223 e. The summed E-state index contributed by atoms with van der Waals surface area (Å²) in [6.45, 7) is 1.95. The van der Waals surface area contributed by atoms with Crippen LogP contribution in [-0.2, 0) is 4.79 Å². The van der Waals surface area contributed by atoms with Crippen LogP contribution in [0, 0.1) is 5.92 Å². The standard InChI is InChI=1S/C10H13NO2/c1-7-4-5-8(11-10(7)12)9-3-2-6-13-9/h2-3,6-8H,4-5H2,1H3,(H,11,12)/t7-,8?/m0/s1. The van der Waals surface area contributed by atoms with E-state index in [1.807, 2.05) is 19.1 Å². The van der Waals surface area contributed by atoms with E-state index in [1.165, 1.54) is 0 Å². The smallest absolute Gasteiger partial charge is 0.223 e. The Morgan fingerprint density at radius 3 is 3.00 bits per heavy atom. The average molecular weight is 179 g/mol. The molecule has 70 valence electrons. The van der Waals surface area contributed by atoms with Gasteiger partial charge < -0.3 is 9.73 Å². The highest BCUT2D eigenvalue weighted by molar-refractivity contribution is 5.79. The summed E-state index contributed by atoms with van der Waals surface area (Å²) >= 11 is 0. The van der Waals surface area contributed by atoms with Gasteiger partial charge in [-0.05, 0) is 25.0 Å². The zero-order valence-corrected chi connectivity index (χ0v) is 7.62. The molecule has 1 aromatic rings. The number of rotatable bonds is 1. The van der Waals surface area contributed by atoms with Crippen LogP contribution in [0.25, 0.3) is 0 Å². The normalized spacial score (nSPS) is 28.5. The third-order valence-corrected chi connectivity index (χ3v) is 2.54. The van der Waals surface area contributed by atoms with E-state index in [0.717, 1.165) is 18.6 Å². The van der Waals surface area contributed by atoms with Gasteiger partial charge in [0, 0.05) is 5.92 Å². The third-order valence-electron chi connectivity index (χ3n) is 2.54. The van der Waals surface area contributed by atoms with Gasteiger partial charge in [0.15, 0.2) is 0 Å². The largest absolute Gasteiger partial charge is 0.467 e. The van der Waals surface area contributed by atoms with Crippen LogP contribution in [0.2, 0.25) is 0 Å². The molecule has 0 radical (unpaired) electrons. The van der Waals surface area contributed by atoms with Crippen molar-refractivity contribution in [3.05, 3.63) is 24.2 Å². The van der Waals surface area contributed by atoms with Gasteiger partial charge in [-0.2, -0.15) is 0 Å². The molecule has 1 fully saturated rings. The number of hydrogen-bond donors (Lipinski definition) is 1. The van der Waals surface area contributed by atoms with Crippen molar-refractivity contribution < 1.29 is 9.21 Å². The number of hydrogen-bond acceptors (Lipinski definition) is 2. The Morgan fingerprint density at radius 2 is 2.38 bits per heavy atom.